The lowest BCUT2D eigenvalue weighted by Gasteiger charge is -2.27. The molecule has 162 valence electrons. The molecule has 0 aliphatic heterocycles. The Bertz CT molecular complexity index is 516. The molecule has 0 radical (unpaired) electrons. The summed E-state index contributed by atoms with van der Waals surface area (Å²) in [5, 5.41) is 37.1. The first-order valence-corrected chi connectivity index (χ1v) is 10.1. The summed E-state index contributed by atoms with van der Waals surface area (Å²) in [6.07, 6.45) is 9.93. The summed E-state index contributed by atoms with van der Waals surface area (Å²) < 4.78 is 0. The van der Waals surface area contributed by atoms with E-state index in [0.717, 1.165) is 19.3 Å². The van der Waals surface area contributed by atoms with E-state index in [1.807, 2.05) is 0 Å². The lowest BCUT2D eigenvalue weighted by atomic mass is 9.80. The van der Waals surface area contributed by atoms with Gasteiger partial charge < -0.3 is 20.4 Å². The van der Waals surface area contributed by atoms with Gasteiger partial charge in [0.15, 0.2) is 17.3 Å². The van der Waals surface area contributed by atoms with Crippen molar-refractivity contribution in [2.75, 3.05) is 0 Å². The highest BCUT2D eigenvalue weighted by Crippen LogP contribution is 2.26. The number of carbonyl (C=O) groups is 4. The van der Waals surface area contributed by atoms with E-state index in [4.69, 9.17) is 10.2 Å². The van der Waals surface area contributed by atoms with E-state index in [0.29, 0.717) is 12.8 Å². The fourth-order valence-corrected chi connectivity index (χ4v) is 3.25. The van der Waals surface area contributed by atoms with E-state index in [1.54, 1.807) is 0 Å². The molecule has 0 saturated carbocycles. The van der Waals surface area contributed by atoms with Crippen LogP contribution in [-0.2, 0) is 19.2 Å². The molecule has 4 N–H and O–H groups in total. The van der Waals surface area contributed by atoms with Crippen molar-refractivity contribution < 1.29 is 39.6 Å². The number of Topliss-reactive ketones (excluding diaryl/α,β-unsaturated/α-hetero) is 1. The number of carbonyl (C=O) groups excluding carboxylic acids is 1. The van der Waals surface area contributed by atoms with Gasteiger partial charge >= 0.3 is 17.9 Å². The average Bonchev–Trinajstić information content (AvgIpc) is 2.58. The van der Waals surface area contributed by atoms with Gasteiger partial charge in [-0.1, -0.05) is 71.1 Å². The van der Waals surface area contributed by atoms with Gasteiger partial charge in [-0.25, -0.2) is 4.79 Å². The predicted molar refractivity (Wildman–Crippen MR) is 102 cm³/mol. The quantitative estimate of drug-likeness (QED) is 0.202. The lowest BCUT2D eigenvalue weighted by Crippen LogP contribution is -2.53. The highest BCUT2D eigenvalue weighted by molar-refractivity contribution is 6.05. The molecule has 0 aromatic heterocycles. The Labute approximate surface area is 165 Å². The number of hydrogen-bond acceptors (Lipinski definition) is 5. The molecular weight excluding hydrogens is 368 g/mol. The van der Waals surface area contributed by atoms with E-state index in [2.05, 4.69) is 6.92 Å². The maximum absolute atomic E-state index is 12.2. The molecule has 2 unspecified atom stereocenters. The molecule has 0 aromatic rings. The van der Waals surface area contributed by atoms with Crippen molar-refractivity contribution in [3.8, 4) is 0 Å². The van der Waals surface area contributed by atoms with E-state index >= 15 is 0 Å². The van der Waals surface area contributed by atoms with Crippen LogP contribution < -0.4 is 0 Å². The van der Waals surface area contributed by atoms with Crippen LogP contribution >= 0.6 is 0 Å². The smallest absolute Gasteiger partial charge is 0.337 e. The van der Waals surface area contributed by atoms with Gasteiger partial charge in [0.05, 0.1) is 6.42 Å². The van der Waals surface area contributed by atoms with Crippen LogP contribution in [0.4, 0.5) is 0 Å². The van der Waals surface area contributed by atoms with Gasteiger partial charge in [-0.2, -0.15) is 0 Å². The van der Waals surface area contributed by atoms with Crippen molar-refractivity contribution in [3.63, 3.8) is 0 Å². The van der Waals surface area contributed by atoms with Gasteiger partial charge in [-0.05, 0) is 6.42 Å². The summed E-state index contributed by atoms with van der Waals surface area (Å²) in [5.74, 6) is -8.83. The molecule has 0 aromatic carbocycles. The van der Waals surface area contributed by atoms with Gasteiger partial charge in [0.1, 0.15) is 0 Å². The molecular formula is C20H34O8. The first kappa shape index (κ1) is 26.0. The fraction of sp³-hybridized carbons (Fsp3) is 0.800. The van der Waals surface area contributed by atoms with E-state index in [1.165, 1.54) is 38.5 Å². The highest BCUT2D eigenvalue weighted by Gasteiger charge is 2.53. The minimum atomic E-state index is -3.16. The Kier molecular flexibility index (Phi) is 13.1. The number of carboxylic acids is 3. The summed E-state index contributed by atoms with van der Waals surface area (Å²) in [6.45, 7) is 2.18. The predicted octanol–water partition coefficient (Wildman–Crippen LogP) is 3.25. The molecule has 0 spiro atoms. The van der Waals surface area contributed by atoms with Gasteiger partial charge in [-0.15, -0.1) is 0 Å². The number of aliphatic carboxylic acids is 3. The summed E-state index contributed by atoms with van der Waals surface area (Å²) in [7, 11) is 0. The van der Waals surface area contributed by atoms with Crippen molar-refractivity contribution >= 4 is 23.7 Å². The Morgan fingerprint density at radius 2 is 1.18 bits per heavy atom. The maximum Gasteiger partial charge on any atom is 0.337 e. The maximum atomic E-state index is 12.2. The van der Waals surface area contributed by atoms with Crippen LogP contribution in [0, 0.1) is 5.92 Å². The lowest BCUT2D eigenvalue weighted by molar-refractivity contribution is -0.181. The number of unbranched alkanes of at least 4 members (excludes halogenated alkanes) is 10. The summed E-state index contributed by atoms with van der Waals surface area (Å²) in [4.78, 5) is 45.6. The van der Waals surface area contributed by atoms with Crippen molar-refractivity contribution in [2.24, 2.45) is 5.92 Å². The number of carboxylic acid groups (broad SMARTS) is 3. The fourth-order valence-electron chi connectivity index (χ4n) is 3.25. The zero-order valence-corrected chi connectivity index (χ0v) is 16.7. The van der Waals surface area contributed by atoms with Crippen molar-refractivity contribution in [3.05, 3.63) is 0 Å². The average molecular weight is 402 g/mol. The van der Waals surface area contributed by atoms with E-state index < -0.39 is 41.6 Å². The first-order valence-electron chi connectivity index (χ1n) is 10.1. The van der Waals surface area contributed by atoms with E-state index in [9.17, 15) is 29.4 Å². The molecule has 2 atom stereocenters. The molecule has 0 heterocycles. The van der Waals surface area contributed by atoms with Gasteiger partial charge in [0.2, 0.25) is 0 Å². The van der Waals surface area contributed by atoms with Crippen LogP contribution in [0.2, 0.25) is 0 Å². The van der Waals surface area contributed by atoms with Crippen molar-refractivity contribution in [2.45, 2.75) is 96.0 Å². The molecule has 0 fully saturated rings. The van der Waals surface area contributed by atoms with Crippen LogP contribution in [0.1, 0.15) is 90.4 Å². The summed E-state index contributed by atoms with van der Waals surface area (Å²) in [5.41, 5.74) is -3.16. The second-order valence-corrected chi connectivity index (χ2v) is 7.32. The second-order valence-electron chi connectivity index (χ2n) is 7.32. The molecule has 0 aliphatic rings. The van der Waals surface area contributed by atoms with Crippen molar-refractivity contribution in [1.29, 1.82) is 0 Å². The molecule has 8 heteroatoms. The molecule has 28 heavy (non-hydrogen) atoms. The SMILES string of the molecule is CCCCCCCCCCCCCC(=O)C(C(=O)O)C(O)(CC(=O)O)C(=O)O. The Morgan fingerprint density at radius 1 is 0.750 bits per heavy atom. The monoisotopic (exact) mass is 402 g/mol. The normalized spacial score (nSPS) is 14.2. The van der Waals surface area contributed by atoms with E-state index in [-0.39, 0.29) is 6.42 Å². The molecule has 0 aliphatic carbocycles. The number of rotatable bonds is 18. The Balaban J connectivity index is 4.30. The Morgan fingerprint density at radius 3 is 1.54 bits per heavy atom. The third-order valence-corrected chi connectivity index (χ3v) is 4.86. The third-order valence-electron chi connectivity index (χ3n) is 4.86. The Hall–Kier alpha value is -1.96. The molecule has 0 saturated heterocycles. The molecule has 0 rings (SSSR count). The molecule has 8 nitrogen and oxygen atoms in total. The standard InChI is InChI=1S/C20H34O8/c1-2-3-4-5-6-7-8-9-10-11-12-13-15(21)17(18(24)25)20(28,19(26)27)14-16(22)23/h17,28H,2-14H2,1H3,(H,22,23)(H,24,25)(H,26,27). The van der Waals surface area contributed by atoms with Crippen LogP contribution in [-0.4, -0.2) is 49.7 Å². The first-order chi connectivity index (χ1) is 13.2. The molecule has 0 amide bonds. The van der Waals surface area contributed by atoms with Gasteiger partial charge in [0, 0.05) is 6.42 Å². The number of ketones is 1. The number of aliphatic hydroxyl groups is 1. The van der Waals surface area contributed by atoms with Crippen LogP contribution in [0.25, 0.3) is 0 Å². The largest absolute Gasteiger partial charge is 0.481 e. The zero-order valence-electron chi connectivity index (χ0n) is 16.7. The topological polar surface area (TPSA) is 149 Å². The van der Waals surface area contributed by atoms with Crippen LogP contribution in [0.5, 0.6) is 0 Å². The second kappa shape index (κ2) is 14.1. The minimum Gasteiger partial charge on any atom is -0.481 e. The van der Waals surface area contributed by atoms with Crippen LogP contribution in [0.3, 0.4) is 0 Å². The van der Waals surface area contributed by atoms with Crippen molar-refractivity contribution in [1.82, 2.24) is 0 Å². The third kappa shape index (κ3) is 9.82. The highest BCUT2D eigenvalue weighted by atomic mass is 16.4. The summed E-state index contributed by atoms with van der Waals surface area (Å²) >= 11 is 0. The zero-order chi connectivity index (χ0) is 21.6. The molecule has 0 bridgehead atoms. The number of hydrogen-bond donors (Lipinski definition) is 4. The summed E-state index contributed by atoms with van der Waals surface area (Å²) in [6, 6.07) is 0. The minimum absolute atomic E-state index is 0.205. The van der Waals surface area contributed by atoms with Crippen LogP contribution in [0.15, 0.2) is 0 Å². The van der Waals surface area contributed by atoms with Gasteiger partial charge in [-0.3, -0.25) is 14.4 Å². The van der Waals surface area contributed by atoms with Gasteiger partial charge in [0.25, 0.3) is 0 Å².